The minimum Gasteiger partial charge on any atom is -0.482 e. The highest BCUT2D eigenvalue weighted by Gasteiger charge is 2.19. The molecule has 0 unspecified atom stereocenters. The van der Waals surface area contributed by atoms with E-state index in [0.29, 0.717) is 22.6 Å². The number of rotatable bonds is 3. The average Bonchev–Trinajstić information content (AvgIpc) is 2.53. The predicted octanol–water partition coefficient (Wildman–Crippen LogP) is 2.91. The molecule has 2 aromatic rings. The van der Waals surface area contributed by atoms with Gasteiger partial charge in [0.15, 0.2) is 12.4 Å². The Bertz CT molecular complexity index is 735. The molecule has 3 rings (SSSR count). The summed E-state index contributed by atoms with van der Waals surface area (Å²) in [5, 5.41) is 2.69. The second-order valence-electron chi connectivity index (χ2n) is 4.72. The van der Waals surface area contributed by atoms with Gasteiger partial charge >= 0.3 is 0 Å². The number of Topliss-reactive ketones (excluding diaryl/α,β-unsaturated/α-hetero) is 1. The van der Waals surface area contributed by atoms with E-state index in [0.717, 1.165) is 5.56 Å². The highest BCUT2D eigenvalue weighted by atomic mass is 16.5. The first-order valence-corrected chi connectivity index (χ1v) is 6.51. The lowest BCUT2D eigenvalue weighted by Crippen LogP contribution is -2.25. The van der Waals surface area contributed by atoms with E-state index in [4.69, 9.17) is 4.74 Å². The normalized spacial score (nSPS) is 12.9. The van der Waals surface area contributed by atoms with Gasteiger partial charge in [0.05, 0.1) is 5.69 Å². The van der Waals surface area contributed by atoms with Crippen molar-refractivity contribution < 1.29 is 14.3 Å². The summed E-state index contributed by atoms with van der Waals surface area (Å²) in [6.07, 6.45) is 0. The molecule has 0 spiro atoms. The van der Waals surface area contributed by atoms with E-state index in [9.17, 15) is 9.59 Å². The van der Waals surface area contributed by atoms with E-state index in [-0.39, 0.29) is 18.3 Å². The molecule has 0 aromatic heterocycles. The Hall–Kier alpha value is -2.88. The number of benzene rings is 2. The maximum absolute atomic E-state index is 12.5. The van der Waals surface area contributed by atoms with Crippen LogP contribution in [-0.4, -0.2) is 18.3 Å². The van der Waals surface area contributed by atoms with Crippen LogP contribution in [-0.2, 0) is 4.79 Å². The lowest BCUT2D eigenvalue weighted by molar-refractivity contribution is -0.118. The van der Waals surface area contributed by atoms with Gasteiger partial charge in [0, 0.05) is 11.1 Å². The van der Waals surface area contributed by atoms with Gasteiger partial charge in [-0.15, -0.1) is 0 Å². The number of carbonyl (C=O) groups excluding carboxylic acids is 2. The van der Waals surface area contributed by atoms with Gasteiger partial charge in [0.25, 0.3) is 5.91 Å². The van der Waals surface area contributed by atoms with Crippen molar-refractivity contribution in [3.8, 4) is 5.75 Å². The van der Waals surface area contributed by atoms with Gasteiger partial charge in [-0.25, -0.2) is 0 Å². The fourth-order valence-electron chi connectivity index (χ4n) is 2.17. The van der Waals surface area contributed by atoms with Crippen LogP contribution in [0.3, 0.4) is 0 Å². The summed E-state index contributed by atoms with van der Waals surface area (Å²) >= 11 is 0. The third kappa shape index (κ3) is 2.56. The minimum atomic E-state index is -0.228. The van der Waals surface area contributed by atoms with Crippen LogP contribution in [0.1, 0.15) is 15.9 Å². The highest BCUT2D eigenvalue weighted by Crippen LogP contribution is 2.30. The Labute approximate surface area is 122 Å². The molecule has 4 heteroatoms. The van der Waals surface area contributed by atoms with Gasteiger partial charge in [-0.05, 0) is 23.8 Å². The van der Waals surface area contributed by atoms with Crippen LogP contribution < -0.4 is 10.1 Å². The molecule has 0 saturated carbocycles. The highest BCUT2D eigenvalue weighted by molar-refractivity contribution is 6.28. The molecular weight excluding hydrogens is 266 g/mol. The first-order chi connectivity index (χ1) is 10.1. The van der Waals surface area contributed by atoms with E-state index in [1.54, 1.807) is 18.2 Å². The zero-order chi connectivity index (χ0) is 14.8. The zero-order valence-electron chi connectivity index (χ0n) is 11.3. The summed E-state index contributed by atoms with van der Waals surface area (Å²) in [5.74, 6) is 0.161. The van der Waals surface area contributed by atoms with Gasteiger partial charge in [0.2, 0.25) is 0 Å². The molecule has 0 saturated heterocycles. The van der Waals surface area contributed by atoms with Crippen LogP contribution in [0.4, 0.5) is 5.69 Å². The van der Waals surface area contributed by atoms with Crippen LogP contribution in [0.5, 0.6) is 5.75 Å². The standard InChI is InChI=1S/C17H13NO3/c1-11(12-5-3-2-4-6-12)17(20)13-7-8-15-14(9-13)18-16(19)10-21-15/h2-9H,1,10H2,(H,18,19). The van der Waals surface area contributed by atoms with Gasteiger partial charge < -0.3 is 10.1 Å². The second kappa shape index (κ2) is 5.25. The number of nitrogens with one attached hydrogen (secondary N) is 1. The molecule has 21 heavy (non-hydrogen) atoms. The Kier molecular flexibility index (Phi) is 3.28. The molecule has 1 aliphatic rings. The summed E-state index contributed by atoms with van der Waals surface area (Å²) < 4.78 is 5.27. The summed E-state index contributed by atoms with van der Waals surface area (Å²) in [6.45, 7) is 3.86. The fourth-order valence-corrected chi connectivity index (χ4v) is 2.17. The first-order valence-electron chi connectivity index (χ1n) is 6.51. The predicted molar refractivity (Wildman–Crippen MR) is 80.4 cm³/mol. The van der Waals surface area contributed by atoms with E-state index < -0.39 is 0 Å². The zero-order valence-corrected chi connectivity index (χ0v) is 11.3. The summed E-state index contributed by atoms with van der Waals surface area (Å²) in [7, 11) is 0. The van der Waals surface area contributed by atoms with Crippen molar-refractivity contribution in [3.63, 3.8) is 0 Å². The van der Waals surface area contributed by atoms with E-state index >= 15 is 0 Å². The molecule has 1 heterocycles. The SMILES string of the molecule is C=C(C(=O)c1ccc2c(c1)NC(=O)CO2)c1ccccc1. The summed E-state index contributed by atoms with van der Waals surface area (Å²) in [5.41, 5.74) is 2.17. The Balaban J connectivity index is 1.90. The molecule has 0 fully saturated rings. The number of hydrogen-bond donors (Lipinski definition) is 1. The third-order valence-corrected chi connectivity index (χ3v) is 3.27. The average molecular weight is 279 g/mol. The number of ketones is 1. The number of carbonyl (C=O) groups is 2. The third-order valence-electron chi connectivity index (χ3n) is 3.27. The molecule has 1 amide bonds. The Morgan fingerprint density at radius 3 is 2.62 bits per heavy atom. The summed E-state index contributed by atoms with van der Waals surface area (Å²) in [6, 6.07) is 14.2. The lowest BCUT2D eigenvalue weighted by Gasteiger charge is -2.18. The number of hydrogen-bond acceptors (Lipinski definition) is 3. The van der Waals surface area contributed by atoms with Gasteiger partial charge in [0.1, 0.15) is 5.75 Å². The lowest BCUT2D eigenvalue weighted by atomic mass is 9.98. The number of amides is 1. The van der Waals surface area contributed by atoms with Crippen LogP contribution in [0.25, 0.3) is 5.57 Å². The van der Waals surface area contributed by atoms with E-state index in [1.807, 2.05) is 30.3 Å². The molecule has 0 bridgehead atoms. The van der Waals surface area contributed by atoms with Crippen molar-refractivity contribution in [2.75, 3.05) is 11.9 Å². The van der Waals surface area contributed by atoms with Crippen molar-refractivity contribution in [3.05, 3.63) is 66.2 Å². The van der Waals surface area contributed by atoms with Gasteiger partial charge in [-0.1, -0.05) is 36.9 Å². The van der Waals surface area contributed by atoms with Crippen LogP contribution >= 0.6 is 0 Å². The van der Waals surface area contributed by atoms with Crippen molar-refractivity contribution in [2.45, 2.75) is 0 Å². The number of allylic oxidation sites excluding steroid dienone is 1. The van der Waals surface area contributed by atoms with E-state index in [2.05, 4.69) is 11.9 Å². The van der Waals surface area contributed by atoms with Crippen molar-refractivity contribution in [1.82, 2.24) is 0 Å². The van der Waals surface area contributed by atoms with E-state index in [1.165, 1.54) is 0 Å². The molecule has 1 N–H and O–H groups in total. The maximum atomic E-state index is 12.5. The van der Waals surface area contributed by atoms with Crippen molar-refractivity contribution in [1.29, 1.82) is 0 Å². The van der Waals surface area contributed by atoms with Crippen LogP contribution in [0.15, 0.2) is 55.1 Å². The van der Waals surface area contributed by atoms with Crippen LogP contribution in [0.2, 0.25) is 0 Å². The maximum Gasteiger partial charge on any atom is 0.262 e. The first kappa shape index (κ1) is 13.1. The number of ether oxygens (including phenoxy) is 1. The smallest absolute Gasteiger partial charge is 0.262 e. The minimum absolute atomic E-state index is 0.00296. The molecule has 4 nitrogen and oxygen atoms in total. The monoisotopic (exact) mass is 279 g/mol. The topological polar surface area (TPSA) is 55.4 Å². The molecule has 1 aliphatic heterocycles. The van der Waals surface area contributed by atoms with Gasteiger partial charge in [-0.2, -0.15) is 0 Å². The molecule has 2 aromatic carbocycles. The van der Waals surface area contributed by atoms with Crippen molar-refractivity contribution >= 4 is 23.0 Å². The second-order valence-corrected chi connectivity index (χ2v) is 4.72. The quantitative estimate of drug-likeness (QED) is 0.694. The molecule has 0 radical (unpaired) electrons. The van der Waals surface area contributed by atoms with Crippen molar-refractivity contribution in [2.24, 2.45) is 0 Å². The number of anilines is 1. The molecule has 104 valence electrons. The van der Waals surface area contributed by atoms with Gasteiger partial charge in [-0.3, -0.25) is 9.59 Å². The largest absolute Gasteiger partial charge is 0.482 e. The fraction of sp³-hybridized carbons (Fsp3) is 0.0588. The molecule has 0 aliphatic carbocycles. The molecule has 0 atom stereocenters. The Morgan fingerprint density at radius 2 is 1.86 bits per heavy atom. The summed E-state index contributed by atoms with van der Waals surface area (Å²) in [4.78, 5) is 23.8. The molecular formula is C17H13NO3. The number of fused-ring (bicyclic) bond motifs is 1. The Morgan fingerprint density at radius 1 is 1.10 bits per heavy atom. The van der Waals surface area contributed by atoms with Crippen LogP contribution in [0, 0.1) is 0 Å².